The van der Waals surface area contributed by atoms with Crippen LogP contribution in [-0.4, -0.2) is 28.0 Å². The highest BCUT2D eigenvalue weighted by Crippen LogP contribution is 2.47. The summed E-state index contributed by atoms with van der Waals surface area (Å²) in [5.74, 6) is 0.598. The summed E-state index contributed by atoms with van der Waals surface area (Å²) in [7, 11) is -2.20. The molecule has 0 spiro atoms. The van der Waals surface area contributed by atoms with Crippen LogP contribution in [0.2, 0.25) is 0 Å². The van der Waals surface area contributed by atoms with Crippen LogP contribution >= 0.6 is 11.3 Å². The number of ether oxygens (including phenoxy) is 2. The van der Waals surface area contributed by atoms with Crippen molar-refractivity contribution in [1.82, 2.24) is 0 Å². The molecule has 1 atom stereocenters. The Hall–Kier alpha value is -3.10. The summed E-state index contributed by atoms with van der Waals surface area (Å²) in [6.45, 7) is 3.97. The second kappa shape index (κ2) is 8.56. The van der Waals surface area contributed by atoms with Gasteiger partial charge in [0, 0.05) is 22.6 Å². The molecule has 1 amide bonds. The third-order valence-corrected chi connectivity index (χ3v) is 8.09. The molecule has 0 fully saturated rings. The average molecular weight is 456 g/mol. The van der Waals surface area contributed by atoms with Crippen molar-refractivity contribution in [3.63, 3.8) is 0 Å². The maximum atomic E-state index is 13.2. The standard InChI is InChI=1S/C23H21NO5S2/c1-3-11-29-19-12-15(9-10-18(19)28-2)17-13-21(25)24-22-20(14-30-23(17)22)31(26,27)16-7-5-4-6-8-16/h3-10,12,14,17H,1,11,13H2,2H3,(H,24,25). The molecule has 0 bridgehead atoms. The number of amides is 1. The molecule has 0 saturated carbocycles. The van der Waals surface area contributed by atoms with Crippen molar-refractivity contribution in [2.24, 2.45) is 0 Å². The van der Waals surface area contributed by atoms with Gasteiger partial charge >= 0.3 is 0 Å². The lowest BCUT2D eigenvalue weighted by atomic mass is 9.90. The van der Waals surface area contributed by atoms with Crippen LogP contribution in [0.4, 0.5) is 5.69 Å². The first-order valence-corrected chi connectivity index (χ1v) is 11.9. The van der Waals surface area contributed by atoms with Crippen molar-refractivity contribution < 1.29 is 22.7 Å². The van der Waals surface area contributed by atoms with Crippen LogP contribution in [0.1, 0.15) is 22.8 Å². The lowest BCUT2D eigenvalue weighted by molar-refractivity contribution is -0.116. The highest BCUT2D eigenvalue weighted by molar-refractivity contribution is 7.91. The molecule has 160 valence electrons. The van der Waals surface area contributed by atoms with Crippen LogP contribution in [-0.2, 0) is 14.6 Å². The van der Waals surface area contributed by atoms with Crippen LogP contribution in [0.15, 0.2) is 76.4 Å². The van der Waals surface area contributed by atoms with E-state index in [9.17, 15) is 13.2 Å². The van der Waals surface area contributed by atoms with Gasteiger partial charge in [-0.2, -0.15) is 0 Å². The van der Waals surface area contributed by atoms with Gasteiger partial charge in [-0.1, -0.05) is 36.9 Å². The molecule has 0 radical (unpaired) electrons. The molecule has 6 nitrogen and oxygen atoms in total. The van der Waals surface area contributed by atoms with Crippen LogP contribution in [0, 0.1) is 0 Å². The van der Waals surface area contributed by atoms with Crippen LogP contribution in [0.5, 0.6) is 11.5 Å². The topological polar surface area (TPSA) is 81.7 Å². The van der Waals surface area contributed by atoms with Gasteiger partial charge in [-0.15, -0.1) is 11.3 Å². The van der Waals surface area contributed by atoms with E-state index in [4.69, 9.17) is 9.47 Å². The number of nitrogens with one attached hydrogen (secondary N) is 1. The number of methoxy groups -OCH3 is 1. The lowest BCUT2D eigenvalue weighted by Crippen LogP contribution is -2.23. The van der Waals surface area contributed by atoms with E-state index < -0.39 is 9.84 Å². The molecule has 1 N–H and O–H groups in total. The summed E-state index contributed by atoms with van der Waals surface area (Å²) >= 11 is 1.33. The Morgan fingerprint density at radius 1 is 1.19 bits per heavy atom. The van der Waals surface area contributed by atoms with Crippen molar-refractivity contribution in [3.8, 4) is 11.5 Å². The summed E-state index contributed by atoms with van der Waals surface area (Å²) in [5, 5.41) is 4.38. The zero-order chi connectivity index (χ0) is 22.0. The van der Waals surface area contributed by atoms with Crippen LogP contribution < -0.4 is 14.8 Å². The predicted molar refractivity (Wildman–Crippen MR) is 120 cm³/mol. The first kappa shape index (κ1) is 21.1. The minimum atomic E-state index is -3.76. The van der Waals surface area contributed by atoms with Gasteiger partial charge in [0.1, 0.15) is 11.5 Å². The number of hydrogen-bond donors (Lipinski definition) is 1. The molecule has 2 heterocycles. The number of anilines is 1. The average Bonchev–Trinajstić information content (AvgIpc) is 3.22. The van der Waals surface area contributed by atoms with E-state index in [0.29, 0.717) is 23.8 Å². The van der Waals surface area contributed by atoms with Crippen LogP contribution in [0.3, 0.4) is 0 Å². The van der Waals surface area contributed by atoms with Crippen molar-refractivity contribution in [1.29, 1.82) is 0 Å². The summed E-state index contributed by atoms with van der Waals surface area (Å²) in [5.41, 5.74) is 1.21. The van der Waals surface area contributed by atoms with Crippen molar-refractivity contribution >= 4 is 32.8 Å². The second-order valence-corrected chi connectivity index (χ2v) is 9.80. The fourth-order valence-electron chi connectivity index (χ4n) is 3.57. The molecule has 1 aliphatic heterocycles. The van der Waals surface area contributed by atoms with E-state index in [-0.39, 0.29) is 28.0 Å². The third-order valence-electron chi connectivity index (χ3n) is 5.05. The molecule has 0 saturated heterocycles. The Balaban J connectivity index is 1.78. The number of benzene rings is 2. The molecule has 4 rings (SSSR count). The lowest BCUT2D eigenvalue weighted by Gasteiger charge is -2.24. The number of fused-ring (bicyclic) bond motifs is 1. The molecule has 8 heteroatoms. The largest absolute Gasteiger partial charge is 0.493 e. The highest BCUT2D eigenvalue weighted by Gasteiger charge is 2.34. The van der Waals surface area contributed by atoms with Gasteiger partial charge in [0.05, 0.1) is 17.7 Å². The minimum Gasteiger partial charge on any atom is -0.493 e. The van der Waals surface area contributed by atoms with Gasteiger partial charge in [-0.3, -0.25) is 4.79 Å². The number of hydrogen-bond acceptors (Lipinski definition) is 6. The highest BCUT2D eigenvalue weighted by atomic mass is 32.2. The summed E-state index contributed by atoms with van der Waals surface area (Å²) < 4.78 is 37.4. The third kappa shape index (κ3) is 3.96. The van der Waals surface area contributed by atoms with E-state index in [1.54, 1.807) is 55.0 Å². The van der Waals surface area contributed by atoms with Gasteiger partial charge in [0.25, 0.3) is 0 Å². The SMILES string of the molecule is C=CCOc1cc(C2CC(=O)Nc3c(S(=O)(=O)c4ccccc4)csc32)ccc1OC. The molecule has 3 aromatic rings. The predicted octanol–water partition coefficient (Wildman–Crippen LogP) is 4.63. The summed E-state index contributed by atoms with van der Waals surface area (Å²) in [4.78, 5) is 13.6. The molecular weight excluding hydrogens is 434 g/mol. The van der Waals surface area contributed by atoms with Crippen molar-refractivity contribution in [3.05, 3.63) is 77.0 Å². The molecule has 0 aliphatic carbocycles. The number of rotatable bonds is 7. The molecule has 1 aromatic heterocycles. The van der Waals surface area contributed by atoms with Gasteiger partial charge < -0.3 is 14.8 Å². The van der Waals surface area contributed by atoms with Crippen molar-refractivity contribution in [2.45, 2.75) is 22.1 Å². The normalized spacial score (nSPS) is 15.6. The Kier molecular flexibility index (Phi) is 5.84. The monoisotopic (exact) mass is 455 g/mol. The number of carbonyl (C=O) groups is 1. The fraction of sp³-hybridized carbons (Fsp3) is 0.174. The maximum absolute atomic E-state index is 13.2. The first-order valence-electron chi connectivity index (χ1n) is 9.58. The maximum Gasteiger partial charge on any atom is 0.225 e. The molecule has 31 heavy (non-hydrogen) atoms. The Labute approximate surface area is 185 Å². The van der Waals surface area contributed by atoms with E-state index >= 15 is 0 Å². The summed E-state index contributed by atoms with van der Waals surface area (Å²) in [6.07, 6.45) is 1.85. The minimum absolute atomic E-state index is 0.119. The van der Waals surface area contributed by atoms with Crippen LogP contribution in [0.25, 0.3) is 0 Å². The Morgan fingerprint density at radius 3 is 2.68 bits per heavy atom. The smallest absolute Gasteiger partial charge is 0.225 e. The zero-order valence-electron chi connectivity index (χ0n) is 16.8. The van der Waals surface area contributed by atoms with Gasteiger partial charge in [-0.05, 0) is 29.8 Å². The van der Waals surface area contributed by atoms with Crippen molar-refractivity contribution in [2.75, 3.05) is 19.0 Å². The molecular formula is C23H21NO5S2. The fourth-order valence-corrected chi connectivity index (χ4v) is 6.50. The molecule has 2 aromatic carbocycles. The Morgan fingerprint density at radius 2 is 1.97 bits per heavy atom. The number of sulfone groups is 1. The Bertz CT molecular complexity index is 1230. The van der Waals surface area contributed by atoms with Gasteiger partial charge in [-0.25, -0.2) is 8.42 Å². The van der Waals surface area contributed by atoms with Gasteiger partial charge in [0.15, 0.2) is 11.5 Å². The molecule has 1 aliphatic rings. The quantitative estimate of drug-likeness (QED) is 0.526. The second-order valence-electron chi connectivity index (χ2n) is 6.97. The number of thiophene rings is 1. The van der Waals surface area contributed by atoms with E-state index in [1.165, 1.54) is 11.3 Å². The number of carbonyl (C=O) groups excluding carboxylic acids is 1. The van der Waals surface area contributed by atoms with E-state index in [0.717, 1.165) is 10.4 Å². The first-order chi connectivity index (χ1) is 15.0. The van der Waals surface area contributed by atoms with E-state index in [2.05, 4.69) is 11.9 Å². The molecule has 1 unspecified atom stereocenters. The van der Waals surface area contributed by atoms with Gasteiger partial charge in [0.2, 0.25) is 15.7 Å². The summed E-state index contributed by atoms with van der Waals surface area (Å²) in [6, 6.07) is 13.7. The van der Waals surface area contributed by atoms with E-state index in [1.807, 2.05) is 12.1 Å². The zero-order valence-corrected chi connectivity index (χ0v) is 18.5.